The Morgan fingerprint density at radius 3 is 2.35 bits per heavy atom. The minimum atomic E-state index is -0.825. The standard InChI is InChI=1S/C14H15NO5/c1-17-13(16)10-11(9-7-5-4-6-8-9)15-20-12(10)14(18-2)19-3/h4-8,14H,1-3H3. The van der Waals surface area contributed by atoms with Crippen molar-refractivity contribution >= 4 is 5.97 Å². The van der Waals surface area contributed by atoms with Crippen LogP contribution < -0.4 is 0 Å². The Morgan fingerprint density at radius 2 is 1.80 bits per heavy atom. The normalized spacial score (nSPS) is 10.8. The molecule has 0 N–H and O–H groups in total. The first-order chi connectivity index (χ1) is 9.72. The Morgan fingerprint density at radius 1 is 1.15 bits per heavy atom. The highest BCUT2D eigenvalue weighted by Gasteiger charge is 2.30. The van der Waals surface area contributed by atoms with Crippen molar-refractivity contribution in [3.05, 3.63) is 41.7 Å². The average Bonchev–Trinajstić information content (AvgIpc) is 2.93. The van der Waals surface area contributed by atoms with Crippen LogP contribution in [0.2, 0.25) is 0 Å². The molecule has 0 aliphatic carbocycles. The van der Waals surface area contributed by atoms with Crippen LogP contribution in [0, 0.1) is 0 Å². The van der Waals surface area contributed by atoms with E-state index in [0.29, 0.717) is 5.69 Å². The number of methoxy groups -OCH3 is 3. The maximum Gasteiger partial charge on any atom is 0.344 e. The Labute approximate surface area is 116 Å². The monoisotopic (exact) mass is 277 g/mol. The van der Waals surface area contributed by atoms with Crippen LogP contribution >= 0.6 is 0 Å². The molecule has 1 aromatic carbocycles. The van der Waals surface area contributed by atoms with Gasteiger partial charge < -0.3 is 18.7 Å². The van der Waals surface area contributed by atoms with Crippen molar-refractivity contribution < 1.29 is 23.5 Å². The summed E-state index contributed by atoms with van der Waals surface area (Å²) in [6, 6.07) is 9.20. The lowest BCUT2D eigenvalue weighted by Crippen LogP contribution is -2.10. The van der Waals surface area contributed by atoms with E-state index in [9.17, 15) is 4.79 Å². The number of aromatic nitrogens is 1. The number of carbonyl (C=O) groups excluding carboxylic acids is 1. The van der Waals surface area contributed by atoms with Crippen LogP contribution in [0.15, 0.2) is 34.9 Å². The average molecular weight is 277 g/mol. The van der Waals surface area contributed by atoms with E-state index in [-0.39, 0.29) is 11.3 Å². The van der Waals surface area contributed by atoms with Crippen molar-refractivity contribution in [3.8, 4) is 11.3 Å². The molecule has 2 aromatic rings. The molecule has 20 heavy (non-hydrogen) atoms. The summed E-state index contributed by atoms with van der Waals surface area (Å²) in [6.45, 7) is 0. The van der Waals surface area contributed by atoms with Gasteiger partial charge in [-0.05, 0) is 0 Å². The van der Waals surface area contributed by atoms with E-state index in [1.54, 1.807) is 0 Å². The molecule has 0 aliphatic rings. The second kappa shape index (κ2) is 6.31. The Bertz CT molecular complexity index is 575. The molecule has 6 nitrogen and oxygen atoms in total. The second-order valence-electron chi connectivity index (χ2n) is 3.93. The summed E-state index contributed by atoms with van der Waals surface area (Å²) in [5, 5.41) is 3.94. The third-order valence-corrected chi connectivity index (χ3v) is 2.80. The van der Waals surface area contributed by atoms with Crippen molar-refractivity contribution in [2.24, 2.45) is 0 Å². The zero-order valence-corrected chi connectivity index (χ0v) is 11.5. The lowest BCUT2D eigenvalue weighted by molar-refractivity contribution is -0.120. The van der Waals surface area contributed by atoms with E-state index in [2.05, 4.69) is 5.16 Å². The third kappa shape index (κ3) is 2.56. The van der Waals surface area contributed by atoms with Gasteiger partial charge >= 0.3 is 5.97 Å². The van der Waals surface area contributed by atoms with Crippen LogP contribution in [-0.4, -0.2) is 32.5 Å². The molecule has 0 bridgehead atoms. The molecule has 0 saturated carbocycles. The number of nitrogens with zero attached hydrogens (tertiary/aromatic N) is 1. The van der Waals surface area contributed by atoms with Gasteiger partial charge in [0.15, 0.2) is 0 Å². The minimum absolute atomic E-state index is 0.181. The molecule has 2 rings (SSSR count). The molecule has 0 fully saturated rings. The molecule has 106 valence electrons. The van der Waals surface area contributed by atoms with Crippen LogP contribution in [0.5, 0.6) is 0 Å². The van der Waals surface area contributed by atoms with Crippen LogP contribution in [0.4, 0.5) is 0 Å². The number of carbonyl (C=O) groups is 1. The van der Waals surface area contributed by atoms with Crippen LogP contribution in [0.1, 0.15) is 22.4 Å². The van der Waals surface area contributed by atoms with Gasteiger partial charge in [-0.2, -0.15) is 0 Å². The van der Waals surface area contributed by atoms with E-state index < -0.39 is 12.3 Å². The first kappa shape index (κ1) is 14.2. The molecule has 0 aliphatic heterocycles. The van der Waals surface area contributed by atoms with E-state index in [1.165, 1.54) is 21.3 Å². The molecular weight excluding hydrogens is 262 g/mol. The number of hydrogen-bond acceptors (Lipinski definition) is 6. The second-order valence-corrected chi connectivity index (χ2v) is 3.93. The SMILES string of the molecule is COC(=O)c1c(-c2ccccc2)noc1C(OC)OC. The van der Waals surface area contributed by atoms with Crippen molar-refractivity contribution in [1.82, 2.24) is 5.16 Å². The molecule has 0 radical (unpaired) electrons. The summed E-state index contributed by atoms with van der Waals surface area (Å²) < 4.78 is 20.2. The highest BCUT2D eigenvalue weighted by Crippen LogP contribution is 2.31. The topological polar surface area (TPSA) is 70.8 Å². The summed E-state index contributed by atoms with van der Waals surface area (Å²) >= 11 is 0. The summed E-state index contributed by atoms with van der Waals surface area (Å²) in [5.74, 6) is -0.375. The van der Waals surface area contributed by atoms with Gasteiger partial charge in [-0.15, -0.1) is 0 Å². The largest absolute Gasteiger partial charge is 0.465 e. The summed E-state index contributed by atoms with van der Waals surface area (Å²) in [7, 11) is 4.18. The first-order valence-corrected chi connectivity index (χ1v) is 5.91. The number of ether oxygens (including phenoxy) is 3. The van der Waals surface area contributed by atoms with Gasteiger partial charge in [0.2, 0.25) is 12.1 Å². The summed E-state index contributed by atoms with van der Waals surface area (Å²) in [6.07, 6.45) is -0.825. The Hall–Kier alpha value is -2.18. The first-order valence-electron chi connectivity index (χ1n) is 5.91. The quantitative estimate of drug-likeness (QED) is 0.617. The molecule has 0 amide bonds. The number of rotatable bonds is 5. The van der Waals surface area contributed by atoms with Crippen molar-refractivity contribution in [2.45, 2.75) is 6.29 Å². The zero-order chi connectivity index (χ0) is 14.5. The molecule has 1 aromatic heterocycles. The minimum Gasteiger partial charge on any atom is -0.465 e. The van der Waals surface area contributed by atoms with E-state index in [1.807, 2.05) is 30.3 Å². The molecule has 1 heterocycles. The van der Waals surface area contributed by atoms with E-state index >= 15 is 0 Å². The fourth-order valence-corrected chi connectivity index (χ4v) is 1.87. The smallest absolute Gasteiger partial charge is 0.344 e. The number of hydrogen-bond donors (Lipinski definition) is 0. The van der Waals surface area contributed by atoms with E-state index in [4.69, 9.17) is 18.7 Å². The number of benzene rings is 1. The molecule has 6 heteroatoms. The fraction of sp³-hybridized carbons (Fsp3) is 0.286. The van der Waals surface area contributed by atoms with Crippen molar-refractivity contribution in [2.75, 3.05) is 21.3 Å². The van der Waals surface area contributed by atoms with Gasteiger partial charge in [0.05, 0.1) is 7.11 Å². The molecule has 0 spiro atoms. The summed E-state index contributed by atoms with van der Waals surface area (Å²) in [4.78, 5) is 12.0. The van der Waals surface area contributed by atoms with Gasteiger partial charge in [-0.25, -0.2) is 4.79 Å². The Balaban J connectivity index is 2.56. The predicted molar refractivity (Wildman–Crippen MR) is 70.0 cm³/mol. The lowest BCUT2D eigenvalue weighted by atomic mass is 10.1. The number of esters is 1. The van der Waals surface area contributed by atoms with Crippen molar-refractivity contribution in [3.63, 3.8) is 0 Å². The fourth-order valence-electron chi connectivity index (χ4n) is 1.87. The van der Waals surface area contributed by atoms with Gasteiger partial charge in [0.25, 0.3) is 0 Å². The maximum absolute atomic E-state index is 12.0. The highest BCUT2D eigenvalue weighted by atomic mass is 16.7. The highest BCUT2D eigenvalue weighted by molar-refractivity contribution is 5.97. The van der Waals surface area contributed by atoms with Crippen LogP contribution in [0.25, 0.3) is 11.3 Å². The van der Waals surface area contributed by atoms with E-state index in [0.717, 1.165) is 5.56 Å². The summed E-state index contributed by atoms with van der Waals surface area (Å²) in [5.41, 5.74) is 1.34. The van der Waals surface area contributed by atoms with Gasteiger partial charge in [-0.1, -0.05) is 35.5 Å². The molecular formula is C14H15NO5. The van der Waals surface area contributed by atoms with Gasteiger partial charge in [-0.3, -0.25) is 0 Å². The zero-order valence-electron chi connectivity index (χ0n) is 11.5. The van der Waals surface area contributed by atoms with Gasteiger partial charge in [0, 0.05) is 19.8 Å². The molecule has 0 atom stereocenters. The Kier molecular flexibility index (Phi) is 4.49. The third-order valence-electron chi connectivity index (χ3n) is 2.80. The molecule has 0 unspecified atom stereocenters. The molecule has 0 saturated heterocycles. The predicted octanol–water partition coefficient (Wildman–Crippen LogP) is 2.42. The van der Waals surface area contributed by atoms with Crippen LogP contribution in [-0.2, 0) is 14.2 Å². The maximum atomic E-state index is 12.0. The van der Waals surface area contributed by atoms with Gasteiger partial charge in [0.1, 0.15) is 11.3 Å². The van der Waals surface area contributed by atoms with Crippen molar-refractivity contribution in [1.29, 1.82) is 0 Å². The lowest BCUT2D eigenvalue weighted by Gasteiger charge is -2.11. The van der Waals surface area contributed by atoms with Crippen LogP contribution in [0.3, 0.4) is 0 Å².